The Balaban J connectivity index is 0.00000378. The fourth-order valence-corrected chi connectivity index (χ4v) is 8.70. The molecule has 372 valence electrons. The number of carboxylic acid groups (broad SMARTS) is 2. The zero-order valence-corrected chi connectivity index (χ0v) is 52.6. The molecule has 0 aromatic heterocycles. The molecule has 0 saturated heterocycles. The molecular formula is C45H44N6Na4O16S3. The zero-order valence-electron chi connectivity index (χ0n) is 42.2. The van der Waals surface area contributed by atoms with Crippen molar-refractivity contribution < 1.29 is 196 Å². The molecule has 1 aliphatic carbocycles. The quantitative estimate of drug-likeness (QED) is 0.0287. The number of anilines is 4. The molecule has 4 aromatic carbocycles. The van der Waals surface area contributed by atoms with Crippen molar-refractivity contribution in [3.05, 3.63) is 111 Å². The van der Waals surface area contributed by atoms with E-state index in [0.717, 1.165) is 23.3 Å². The van der Waals surface area contributed by atoms with Crippen LogP contribution in [0.3, 0.4) is 0 Å². The Kier molecular flexibility index (Phi) is 28.8. The van der Waals surface area contributed by atoms with Crippen LogP contribution in [-0.2, 0) is 40.4 Å². The van der Waals surface area contributed by atoms with Crippen LogP contribution in [0.25, 0.3) is 39.2 Å². The molecule has 0 fully saturated rings. The fraction of sp³-hybridized carbons (Fsp3) is 0.222. The van der Waals surface area contributed by atoms with Crippen molar-refractivity contribution in [3.63, 3.8) is 0 Å². The van der Waals surface area contributed by atoms with Crippen molar-refractivity contribution >= 4 is 94.3 Å². The van der Waals surface area contributed by atoms with E-state index in [2.05, 4.69) is 32.3 Å². The largest absolute Gasteiger partial charge is 1.00 e. The average Bonchev–Trinajstić information content (AvgIpc) is 3.24. The van der Waals surface area contributed by atoms with E-state index in [1.54, 1.807) is 53.7 Å². The second-order valence-electron chi connectivity index (χ2n) is 15.3. The molecule has 0 bridgehead atoms. The van der Waals surface area contributed by atoms with Crippen molar-refractivity contribution in [2.45, 2.75) is 71.1 Å². The van der Waals surface area contributed by atoms with Gasteiger partial charge in [-0.25, -0.2) is 26.6 Å². The Morgan fingerprint density at radius 1 is 0.757 bits per heavy atom. The molecule has 74 heavy (non-hydrogen) atoms. The van der Waals surface area contributed by atoms with Gasteiger partial charge in [0, 0.05) is 53.3 Å². The van der Waals surface area contributed by atoms with Gasteiger partial charge < -0.3 is 55.5 Å². The summed E-state index contributed by atoms with van der Waals surface area (Å²) in [5.41, 5.74) is 13.2. The van der Waals surface area contributed by atoms with E-state index in [1.807, 2.05) is 13.0 Å². The summed E-state index contributed by atoms with van der Waals surface area (Å²) >= 11 is 0. The monoisotopic (exact) mass is 1110 g/mol. The summed E-state index contributed by atoms with van der Waals surface area (Å²) in [4.78, 5) is 46.2. The van der Waals surface area contributed by atoms with Gasteiger partial charge in [-0.15, -0.1) is 18.7 Å². The smallest absolute Gasteiger partial charge is 0.744 e. The first kappa shape index (κ1) is 70.3. The molecule has 0 unspecified atom stereocenters. The van der Waals surface area contributed by atoms with Gasteiger partial charge in [-0.1, -0.05) is 47.8 Å². The standard InChI is InChI=1S/C42H41N6O11S2.C3H6O2.4Na.O3S/c1-20-15-22(3)39(47-41(43)51)24(5)37(20)45-26-11-12-27-31(17-26)59-32-19-30(46-38-21(2)16-23(4)40(25(38)6)48-42(52)44-14-13-35(49)50)34(61(56,57)58)18-29(32)36(27)28-9-7-8-10-33(28)60(53,54)55;1-2-3(4)5;;;;;1-4(2)3/h7-10,12,15-19H,13-14H2,1-6H3,(H9,43,44,45,46,47,48,49,50,51,52,53,54,55,56,57,58);2H2,1H3,(H,4,5);;;;;/q-1;;4*+1;/p-3. The van der Waals surface area contributed by atoms with Gasteiger partial charge in [0.25, 0.3) is 0 Å². The van der Waals surface area contributed by atoms with Crippen LogP contribution in [0.15, 0.2) is 74.9 Å². The van der Waals surface area contributed by atoms with Gasteiger partial charge in [0.15, 0.2) is 6.03 Å². The Hall–Kier alpha value is -3.71. The predicted octanol–water partition coefficient (Wildman–Crippen LogP) is -7.94. The molecule has 7 N–H and O–H groups in total. The van der Waals surface area contributed by atoms with Crippen molar-refractivity contribution in [1.29, 1.82) is 0 Å². The molecule has 6 rings (SSSR count). The average molecular weight is 1110 g/mol. The molecule has 0 atom stereocenters. The van der Waals surface area contributed by atoms with Crippen molar-refractivity contribution in [3.8, 4) is 22.5 Å². The Labute approximate surface area is 516 Å². The first-order chi connectivity index (χ1) is 32.5. The first-order valence-corrected chi connectivity index (χ1v) is 24.2. The summed E-state index contributed by atoms with van der Waals surface area (Å²) < 4.78 is 109. The fourth-order valence-electron chi connectivity index (χ4n) is 7.37. The summed E-state index contributed by atoms with van der Waals surface area (Å²) in [6.45, 7) is 11.8. The first-order valence-electron chi connectivity index (χ1n) is 20.4. The normalized spacial score (nSPS) is 10.8. The number of carbonyl (C=O) groups is 4. The number of fused-ring (bicyclic) bond motifs is 2. The van der Waals surface area contributed by atoms with Crippen LogP contribution >= 0.6 is 0 Å². The minimum absolute atomic E-state index is 0. The predicted molar refractivity (Wildman–Crippen MR) is 249 cm³/mol. The van der Waals surface area contributed by atoms with Crippen LogP contribution in [-0.4, -0.2) is 74.2 Å². The molecular weight excluding hydrogens is 1070 g/mol. The van der Waals surface area contributed by atoms with Gasteiger partial charge in [0.2, 0.25) is 11.0 Å². The van der Waals surface area contributed by atoms with Crippen LogP contribution in [0.1, 0.15) is 53.1 Å². The number of carbonyl (C=O) groups excluding carboxylic acids is 3. The van der Waals surface area contributed by atoms with E-state index < -0.39 is 71.1 Å². The molecule has 0 saturated carbocycles. The second-order valence-corrected chi connectivity index (χ2v) is 18.4. The number of carboxylic acids is 2. The van der Waals surface area contributed by atoms with E-state index in [4.69, 9.17) is 27.9 Å². The Morgan fingerprint density at radius 3 is 1.81 bits per heavy atom. The maximum absolute atomic E-state index is 13.1. The summed E-state index contributed by atoms with van der Waals surface area (Å²) in [5.74, 6) is -2.13. The third-order valence-electron chi connectivity index (χ3n) is 10.3. The van der Waals surface area contributed by atoms with Crippen LogP contribution in [0, 0.1) is 47.6 Å². The van der Waals surface area contributed by atoms with E-state index in [-0.39, 0.29) is 170 Å². The number of urea groups is 2. The minimum atomic E-state index is -5.30. The SMILES string of the molecule is CCC(=O)O.Cc1cc(C)c(Nc2[c-]cc3c(-c4ccccc4S(=O)(=O)[O-])c4cc(S(=O)(=O)[O-])c(=[NH+]c5c(C)cc(C)c(NC(=O)NCCC(=O)[O-])c5C)cc-4oc3c2)c(C)c1NC([NH-])=O.O=S(=O)=O.[Na+].[Na+].[Na+].[Na+]. The third kappa shape index (κ3) is 18.8. The molecule has 1 heterocycles. The van der Waals surface area contributed by atoms with Gasteiger partial charge >= 0.3 is 141 Å². The van der Waals surface area contributed by atoms with Gasteiger partial charge in [0.05, 0.1) is 16.6 Å². The van der Waals surface area contributed by atoms with E-state index in [1.165, 1.54) is 30.3 Å². The summed E-state index contributed by atoms with van der Waals surface area (Å²) in [5, 5.41) is 29.4. The molecule has 0 spiro atoms. The molecule has 2 aliphatic rings. The van der Waals surface area contributed by atoms with Crippen molar-refractivity contribution in [1.82, 2.24) is 5.32 Å². The molecule has 1 aliphatic heterocycles. The number of amides is 4. The van der Waals surface area contributed by atoms with Gasteiger partial charge in [0.1, 0.15) is 30.9 Å². The number of hydrogen-bond acceptors (Lipinski definition) is 16. The minimum Gasteiger partial charge on any atom is -0.744 e. The molecule has 0 radical (unpaired) electrons. The maximum Gasteiger partial charge on any atom is 1.00 e. The van der Waals surface area contributed by atoms with E-state index in [9.17, 15) is 50.2 Å². The number of aliphatic carboxylic acids is 2. The van der Waals surface area contributed by atoms with Crippen molar-refractivity contribution in [2.24, 2.45) is 0 Å². The number of rotatable bonds is 12. The van der Waals surface area contributed by atoms with Gasteiger partial charge in [-0.3, -0.25) is 9.59 Å². The van der Waals surface area contributed by atoms with E-state index in [0.29, 0.717) is 50.7 Å². The number of aryl methyl sites for hydroxylation is 4. The third-order valence-corrected chi connectivity index (χ3v) is 12.1. The van der Waals surface area contributed by atoms with Crippen LogP contribution in [0.5, 0.6) is 0 Å². The number of benzene rings is 5. The van der Waals surface area contributed by atoms with E-state index >= 15 is 0 Å². The molecule has 29 heteroatoms. The summed E-state index contributed by atoms with van der Waals surface area (Å²) in [7, 11) is -13.5. The Morgan fingerprint density at radius 2 is 1.28 bits per heavy atom. The van der Waals surface area contributed by atoms with Gasteiger partial charge in [-0.05, 0) is 93.2 Å². The Bertz CT molecular complexity index is 3480. The second kappa shape index (κ2) is 30.3. The number of hydrogen-bond donors (Lipinski definition) is 6. The molecule has 4 aromatic rings. The van der Waals surface area contributed by atoms with Crippen LogP contribution < -0.4 is 155 Å². The van der Waals surface area contributed by atoms with Crippen LogP contribution in [0.4, 0.5) is 38.0 Å². The van der Waals surface area contributed by atoms with Gasteiger partial charge in [-0.2, -0.15) is 12.1 Å². The summed E-state index contributed by atoms with van der Waals surface area (Å²) in [6.07, 6.45) is -0.196. The number of nitrogens with one attached hydrogen (secondary N) is 6. The topological polar surface area (TPSA) is 376 Å². The maximum atomic E-state index is 13.1. The summed E-state index contributed by atoms with van der Waals surface area (Å²) in [6, 6.07) is 15.5. The molecule has 22 nitrogen and oxygen atoms in total. The van der Waals surface area contributed by atoms with Crippen molar-refractivity contribution in [2.75, 3.05) is 22.5 Å². The van der Waals surface area contributed by atoms with Crippen LogP contribution in [0.2, 0.25) is 0 Å². The zero-order chi connectivity index (χ0) is 52.6. The molecule has 4 amide bonds.